The summed E-state index contributed by atoms with van der Waals surface area (Å²) in [5, 5.41) is 0. The lowest BCUT2D eigenvalue weighted by molar-refractivity contribution is -0.152. The quantitative estimate of drug-likeness (QED) is 0.506. The SMILES string of the molecule is O=C(CN1c2nc(N3C[C@@H]4C[C@H]3CO4)cc(=O)n2CC[C@H]1C(F)(F)F)c1ccc(F)c(F)c1. The first-order valence-corrected chi connectivity index (χ1v) is 10.4. The first kappa shape index (κ1) is 21.8. The molecule has 3 aliphatic rings. The molecule has 0 N–H and O–H groups in total. The van der Waals surface area contributed by atoms with Crippen molar-refractivity contribution in [1.29, 1.82) is 0 Å². The summed E-state index contributed by atoms with van der Waals surface area (Å²) in [5.74, 6) is -3.36. The van der Waals surface area contributed by atoms with E-state index >= 15 is 0 Å². The Bertz CT molecular complexity index is 1170. The molecule has 0 saturated carbocycles. The van der Waals surface area contributed by atoms with Crippen molar-refractivity contribution in [1.82, 2.24) is 9.55 Å². The van der Waals surface area contributed by atoms with Gasteiger partial charge in [-0.15, -0.1) is 0 Å². The predicted molar refractivity (Wildman–Crippen MR) is 106 cm³/mol. The molecule has 2 fully saturated rings. The lowest BCUT2D eigenvalue weighted by atomic mass is 10.1. The van der Waals surface area contributed by atoms with E-state index in [-0.39, 0.29) is 36.0 Å². The molecule has 5 rings (SSSR count). The molecule has 33 heavy (non-hydrogen) atoms. The van der Waals surface area contributed by atoms with E-state index in [1.165, 1.54) is 6.07 Å². The van der Waals surface area contributed by atoms with Gasteiger partial charge in [0.1, 0.15) is 11.9 Å². The van der Waals surface area contributed by atoms with E-state index < -0.39 is 48.2 Å². The van der Waals surface area contributed by atoms with Gasteiger partial charge in [-0.3, -0.25) is 14.2 Å². The highest BCUT2D eigenvalue weighted by Crippen LogP contribution is 2.36. The van der Waals surface area contributed by atoms with Gasteiger partial charge in [-0.2, -0.15) is 18.2 Å². The highest BCUT2D eigenvalue weighted by atomic mass is 19.4. The molecule has 0 spiro atoms. The third kappa shape index (κ3) is 3.85. The number of ketones is 1. The molecule has 2 aromatic rings. The summed E-state index contributed by atoms with van der Waals surface area (Å²) in [6, 6.07) is 1.58. The number of fused-ring (bicyclic) bond motifs is 3. The summed E-state index contributed by atoms with van der Waals surface area (Å²) in [4.78, 5) is 32.5. The van der Waals surface area contributed by atoms with Crippen LogP contribution in [0.25, 0.3) is 0 Å². The van der Waals surface area contributed by atoms with Crippen LogP contribution in [-0.2, 0) is 11.3 Å². The smallest absolute Gasteiger partial charge is 0.374 e. The molecule has 0 unspecified atom stereocenters. The van der Waals surface area contributed by atoms with Crippen molar-refractivity contribution in [3.8, 4) is 0 Å². The number of morpholine rings is 1. The zero-order valence-corrected chi connectivity index (χ0v) is 17.2. The van der Waals surface area contributed by atoms with Gasteiger partial charge in [-0.1, -0.05) is 0 Å². The monoisotopic (exact) mass is 470 g/mol. The minimum atomic E-state index is -4.70. The van der Waals surface area contributed by atoms with Gasteiger partial charge in [0.25, 0.3) is 5.56 Å². The van der Waals surface area contributed by atoms with Gasteiger partial charge in [0.2, 0.25) is 5.95 Å². The second-order valence-corrected chi connectivity index (χ2v) is 8.43. The van der Waals surface area contributed by atoms with Gasteiger partial charge < -0.3 is 14.5 Å². The number of hydrogen-bond acceptors (Lipinski definition) is 6. The number of Topliss-reactive ketones (excluding diaryl/α,β-unsaturated/α-hetero) is 1. The Hall–Kier alpha value is -3.02. The Labute approximate surface area is 184 Å². The molecule has 4 heterocycles. The molecule has 0 radical (unpaired) electrons. The van der Waals surface area contributed by atoms with E-state index in [2.05, 4.69) is 4.98 Å². The van der Waals surface area contributed by atoms with Gasteiger partial charge >= 0.3 is 6.18 Å². The first-order valence-electron chi connectivity index (χ1n) is 10.4. The fraction of sp³-hybridized carbons (Fsp3) is 0.476. The predicted octanol–water partition coefficient (Wildman–Crippen LogP) is 2.52. The van der Waals surface area contributed by atoms with E-state index in [1.54, 1.807) is 0 Å². The number of nitrogens with zero attached hydrogens (tertiary/aromatic N) is 4. The summed E-state index contributed by atoms with van der Waals surface area (Å²) in [6.45, 7) is -0.109. The maximum atomic E-state index is 13.9. The van der Waals surface area contributed by atoms with Crippen LogP contribution in [0.2, 0.25) is 0 Å². The number of carbonyl (C=O) groups excluding carboxylic acids is 1. The van der Waals surface area contributed by atoms with Crippen LogP contribution in [0, 0.1) is 11.6 Å². The summed E-state index contributed by atoms with van der Waals surface area (Å²) in [5.41, 5.74) is -0.802. The highest BCUT2D eigenvalue weighted by Gasteiger charge is 2.48. The van der Waals surface area contributed by atoms with Crippen LogP contribution >= 0.6 is 0 Å². The summed E-state index contributed by atoms with van der Waals surface area (Å²) in [7, 11) is 0. The zero-order valence-electron chi connectivity index (χ0n) is 17.2. The number of rotatable bonds is 4. The third-order valence-electron chi connectivity index (χ3n) is 6.36. The molecular weight excluding hydrogens is 451 g/mol. The molecule has 3 atom stereocenters. The molecule has 0 aliphatic carbocycles. The Morgan fingerprint density at radius 3 is 2.61 bits per heavy atom. The fourth-order valence-corrected chi connectivity index (χ4v) is 4.72. The molecule has 0 amide bonds. The zero-order chi connectivity index (χ0) is 23.5. The number of carbonyl (C=O) groups is 1. The number of halogens is 5. The number of aromatic nitrogens is 2. The largest absolute Gasteiger partial charge is 0.408 e. The van der Waals surface area contributed by atoms with E-state index in [0.29, 0.717) is 19.2 Å². The topological polar surface area (TPSA) is 67.7 Å². The van der Waals surface area contributed by atoms with Crippen LogP contribution in [0.4, 0.5) is 33.7 Å². The molecule has 176 valence electrons. The number of ether oxygens (including phenoxy) is 1. The average molecular weight is 470 g/mol. The van der Waals surface area contributed by atoms with Crippen molar-refractivity contribution in [3.63, 3.8) is 0 Å². The number of hydrogen-bond donors (Lipinski definition) is 0. The molecule has 2 bridgehead atoms. The molecule has 7 nitrogen and oxygen atoms in total. The van der Waals surface area contributed by atoms with Gasteiger partial charge in [0, 0.05) is 24.7 Å². The average Bonchev–Trinajstić information content (AvgIpc) is 3.39. The van der Waals surface area contributed by atoms with Gasteiger partial charge in [0.05, 0.1) is 25.3 Å². The highest BCUT2D eigenvalue weighted by molar-refractivity contribution is 5.99. The van der Waals surface area contributed by atoms with Crippen LogP contribution in [-0.4, -0.2) is 59.4 Å². The maximum Gasteiger partial charge on any atom is 0.408 e. The van der Waals surface area contributed by atoms with Crippen molar-refractivity contribution in [3.05, 3.63) is 51.8 Å². The Balaban J connectivity index is 1.53. The Kier molecular flexibility index (Phi) is 5.15. The summed E-state index contributed by atoms with van der Waals surface area (Å²) >= 11 is 0. The van der Waals surface area contributed by atoms with Crippen LogP contribution in [0.3, 0.4) is 0 Å². The second-order valence-electron chi connectivity index (χ2n) is 8.43. The maximum absolute atomic E-state index is 13.9. The van der Waals surface area contributed by atoms with E-state index in [4.69, 9.17) is 4.74 Å². The normalized spacial score (nSPS) is 24.3. The molecule has 12 heteroatoms. The number of alkyl halides is 3. The second kappa shape index (κ2) is 7.79. The molecule has 1 aromatic heterocycles. The fourth-order valence-electron chi connectivity index (χ4n) is 4.72. The van der Waals surface area contributed by atoms with Crippen molar-refractivity contribution in [2.75, 3.05) is 29.5 Å². The lowest BCUT2D eigenvalue weighted by Gasteiger charge is -2.39. The first-order chi connectivity index (χ1) is 15.6. The van der Waals surface area contributed by atoms with Crippen LogP contribution in [0.15, 0.2) is 29.1 Å². The van der Waals surface area contributed by atoms with Crippen LogP contribution in [0.5, 0.6) is 0 Å². The van der Waals surface area contributed by atoms with Gasteiger partial charge in [-0.25, -0.2) is 8.78 Å². The van der Waals surface area contributed by atoms with Crippen LogP contribution < -0.4 is 15.4 Å². The third-order valence-corrected chi connectivity index (χ3v) is 6.36. The van der Waals surface area contributed by atoms with Gasteiger partial charge in [-0.05, 0) is 31.0 Å². The van der Waals surface area contributed by atoms with E-state index in [9.17, 15) is 31.5 Å². The molecular formula is C21H19F5N4O3. The number of anilines is 2. The van der Waals surface area contributed by atoms with Crippen molar-refractivity contribution in [2.24, 2.45) is 0 Å². The molecule has 3 aliphatic heterocycles. The number of benzene rings is 1. The Morgan fingerprint density at radius 2 is 1.97 bits per heavy atom. The summed E-state index contributed by atoms with van der Waals surface area (Å²) < 4.78 is 75.1. The minimum Gasteiger partial charge on any atom is -0.374 e. The molecule has 1 aromatic carbocycles. The van der Waals surface area contributed by atoms with Crippen molar-refractivity contribution >= 4 is 17.5 Å². The van der Waals surface area contributed by atoms with Crippen molar-refractivity contribution < 1.29 is 31.5 Å². The Morgan fingerprint density at radius 1 is 1.18 bits per heavy atom. The van der Waals surface area contributed by atoms with Crippen molar-refractivity contribution in [2.45, 2.75) is 43.8 Å². The van der Waals surface area contributed by atoms with E-state index in [0.717, 1.165) is 28.0 Å². The van der Waals surface area contributed by atoms with Gasteiger partial charge in [0.15, 0.2) is 17.4 Å². The van der Waals surface area contributed by atoms with Crippen LogP contribution in [0.1, 0.15) is 23.2 Å². The minimum absolute atomic E-state index is 0.0236. The molecule has 2 saturated heterocycles. The summed E-state index contributed by atoms with van der Waals surface area (Å²) in [6.07, 6.45) is -4.44. The lowest BCUT2D eigenvalue weighted by Crippen LogP contribution is -2.54. The van der Waals surface area contributed by atoms with E-state index in [1.807, 2.05) is 4.90 Å². The standard InChI is InChI=1S/C21H19F5N4O3/c22-14-2-1-11(5-15(14)23)16(31)9-30-17(21(24,25)26)3-4-28-19(32)7-18(27-20(28)30)29-8-13-6-12(29)10-33-13/h1-2,5,7,12-13,17H,3-4,6,8-10H2/t12-,13-,17-/m0/s1.